The SMILES string of the molecule is CC(=O)N[C@@H](C)COc1cc(-c2nc3cc(OCC4CC4)ccc3o2)[nH]n1. The zero-order chi connectivity index (χ0) is 18.8. The molecule has 0 bridgehead atoms. The third-order valence-electron chi connectivity index (χ3n) is 4.26. The second-order valence-corrected chi connectivity index (χ2v) is 6.94. The highest BCUT2D eigenvalue weighted by Crippen LogP contribution is 2.31. The van der Waals surface area contributed by atoms with Gasteiger partial charge in [0, 0.05) is 19.1 Å². The minimum absolute atomic E-state index is 0.0965. The fraction of sp³-hybridized carbons (Fsp3) is 0.421. The number of hydrogen-bond donors (Lipinski definition) is 2. The van der Waals surface area contributed by atoms with Crippen LogP contribution in [-0.2, 0) is 4.79 Å². The van der Waals surface area contributed by atoms with Gasteiger partial charge < -0.3 is 19.2 Å². The maximum atomic E-state index is 11.0. The van der Waals surface area contributed by atoms with E-state index in [1.54, 1.807) is 6.07 Å². The second-order valence-electron chi connectivity index (χ2n) is 6.94. The Hall–Kier alpha value is -3.03. The van der Waals surface area contributed by atoms with Crippen LogP contribution in [-0.4, -0.2) is 40.3 Å². The normalized spacial score (nSPS) is 14.9. The van der Waals surface area contributed by atoms with Crippen molar-refractivity contribution < 1.29 is 18.7 Å². The number of H-pyrrole nitrogens is 1. The maximum Gasteiger partial charge on any atom is 0.245 e. The van der Waals surface area contributed by atoms with Crippen LogP contribution in [0, 0.1) is 5.92 Å². The predicted octanol–water partition coefficient (Wildman–Crippen LogP) is 2.91. The Morgan fingerprint density at radius 3 is 3.00 bits per heavy atom. The summed E-state index contributed by atoms with van der Waals surface area (Å²) in [6.07, 6.45) is 2.51. The molecule has 1 atom stereocenters. The van der Waals surface area contributed by atoms with E-state index in [0.717, 1.165) is 17.9 Å². The van der Waals surface area contributed by atoms with Gasteiger partial charge in [-0.2, -0.15) is 0 Å². The highest BCUT2D eigenvalue weighted by atomic mass is 16.5. The number of carbonyl (C=O) groups is 1. The summed E-state index contributed by atoms with van der Waals surface area (Å²) < 4.78 is 17.2. The molecule has 142 valence electrons. The molecule has 8 heteroatoms. The number of nitrogens with zero attached hydrogens (tertiary/aromatic N) is 2. The topological polar surface area (TPSA) is 102 Å². The van der Waals surface area contributed by atoms with E-state index in [2.05, 4.69) is 20.5 Å². The first-order valence-electron chi connectivity index (χ1n) is 9.06. The number of carbonyl (C=O) groups excluding carboxylic acids is 1. The third kappa shape index (κ3) is 4.39. The first-order chi connectivity index (χ1) is 13.1. The van der Waals surface area contributed by atoms with E-state index in [9.17, 15) is 4.79 Å². The van der Waals surface area contributed by atoms with E-state index in [-0.39, 0.29) is 11.9 Å². The monoisotopic (exact) mass is 370 g/mol. The lowest BCUT2D eigenvalue weighted by Gasteiger charge is -2.11. The maximum absolute atomic E-state index is 11.0. The molecule has 3 aromatic rings. The summed E-state index contributed by atoms with van der Waals surface area (Å²) >= 11 is 0. The van der Waals surface area contributed by atoms with Crippen molar-refractivity contribution in [3.05, 3.63) is 24.3 Å². The van der Waals surface area contributed by atoms with E-state index in [1.807, 2.05) is 25.1 Å². The largest absolute Gasteiger partial charge is 0.493 e. The second kappa shape index (κ2) is 7.30. The van der Waals surface area contributed by atoms with Gasteiger partial charge in [-0.05, 0) is 37.8 Å². The number of ether oxygens (including phenoxy) is 2. The van der Waals surface area contributed by atoms with Gasteiger partial charge in [-0.1, -0.05) is 0 Å². The molecule has 2 aromatic heterocycles. The van der Waals surface area contributed by atoms with Crippen LogP contribution < -0.4 is 14.8 Å². The standard InChI is InChI=1S/C19H22N4O4/c1-11(20-12(2)24)9-26-18-8-16(22-23-18)19-21-15-7-14(5-6-17(15)27-19)25-10-13-3-4-13/h5-8,11,13H,3-4,9-10H2,1-2H3,(H,20,24)(H,22,23)/t11-/m0/s1. The summed E-state index contributed by atoms with van der Waals surface area (Å²) in [5.74, 6) is 2.25. The summed E-state index contributed by atoms with van der Waals surface area (Å²) in [4.78, 5) is 15.5. The van der Waals surface area contributed by atoms with E-state index in [1.165, 1.54) is 19.8 Å². The lowest BCUT2D eigenvalue weighted by atomic mass is 10.3. The molecule has 1 aromatic carbocycles. The van der Waals surface area contributed by atoms with Gasteiger partial charge in [-0.3, -0.25) is 9.89 Å². The number of nitrogens with one attached hydrogen (secondary N) is 2. The van der Waals surface area contributed by atoms with Gasteiger partial charge >= 0.3 is 0 Å². The number of rotatable bonds is 8. The van der Waals surface area contributed by atoms with Crippen LogP contribution in [0.4, 0.5) is 0 Å². The van der Waals surface area contributed by atoms with E-state index in [4.69, 9.17) is 13.9 Å². The number of hydrogen-bond acceptors (Lipinski definition) is 6. The van der Waals surface area contributed by atoms with Crippen molar-refractivity contribution in [1.82, 2.24) is 20.5 Å². The van der Waals surface area contributed by atoms with Crippen LogP contribution in [0.25, 0.3) is 22.7 Å². The molecule has 8 nitrogen and oxygen atoms in total. The predicted molar refractivity (Wildman–Crippen MR) is 98.6 cm³/mol. The van der Waals surface area contributed by atoms with Gasteiger partial charge in [0.25, 0.3) is 0 Å². The number of aromatic amines is 1. The van der Waals surface area contributed by atoms with Gasteiger partial charge in [-0.25, -0.2) is 4.98 Å². The van der Waals surface area contributed by atoms with Crippen LogP contribution in [0.3, 0.4) is 0 Å². The quantitative estimate of drug-likeness (QED) is 0.632. The third-order valence-corrected chi connectivity index (χ3v) is 4.26. The molecule has 1 aliphatic carbocycles. The van der Waals surface area contributed by atoms with Crippen molar-refractivity contribution >= 4 is 17.0 Å². The number of benzene rings is 1. The summed E-state index contributed by atoms with van der Waals surface area (Å²) in [5, 5.41) is 9.71. The summed E-state index contributed by atoms with van der Waals surface area (Å²) in [6, 6.07) is 7.24. The van der Waals surface area contributed by atoms with E-state index in [0.29, 0.717) is 35.6 Å². The molecule has 1 amide bonds. The van der Waals surface area contributed by atoms with Gasteiger partial charge in [0.05, 0.1) is 12.6 Å². The molecule has 2 N–H and O–H groups in total. The Morgan fingerprint density at radius 2 is 2.22 bits per heavy atom. The van der Waals surface area contributed by atoms with Gasteiger partial charge in [0.15, 0.2) is 5.58 Å². The van der Waals surface area contributed by atoms with Crippen LogP contribution >= 0.6 is 0 Å². The van der Waals surface area contributed by atoms with Crippen molar-refractivity contribution in [1.29, 1.82) is 0 Å². The number of aromatic nitrogens is 3. The number of fused-ring (bicyclic) bond motifs is 1. The highest BCUT2D eigenvalue weighted by molar-refractivity contribution is 5.77. The molecular formula is C19H22N4O4. The fourth-order valence-electron chi connectivity index (χ4n) is 2.70. The van der Waals surface area contributed by atoms with Crippen LogP contribution in [0.2, 0.25) is 0 Å². The lowest BCUT2D eigenvalue weighted by molar-refractivity contribution is -0.119. The van der Waals surface area contributed by atoms with E-state index < -0.39 is 0 Å². The molecule has 0 spiro atoms. The minimum Gasteiger partial charge on any atom is -0.493 e. The van der Waals surface area contributed by atoms with Gasteiger partial charge in [0.1, 0.15) is 23.6 Å². The molecule has 1 fully saturated rings. The zero-order valence-electron chi connectivity index (χ0n) is 15.3. The van der Waals surface area contributed by atoms with Crippen LogP contribution in [0.5, 0.6) is 11.6 Å². The molecular weight excluding hydrogens is 348 g/mol. The van der Waals surface area contributed by atoms with Crippen molar-refractivity contribution in [2.75, 3.05) is 13.2 Å². The number of amides is 1. The lowest BCUT2D eigenvalue weighted by Crippen LogP contribution is -2.35. The minimum atomic E-state index is -0.110. The Kier molecular flexibility index (Phi) is 4.70. The zero-order valence-corrected chi connectivity index (χ0v) is 15.3. The first-order valence-corrected chi connectivity index (χ1v) is 9.06. The first kappa shape index (κ1) is 17.4. The fourth-order valence-corrected chi connectivity index (χ4v) is 2.70. The Bertz CT molecular complexity index is 944. The van der Waals surface area contributed by atoms with E-state index >= 15 is 0 Å². The Labute approximate surface area is 156 Å². The molecule has 2 heterocycles. The Morgan fingerprint density at radius 1 is 1.37 bits per heavy atom. The molecule has 4 rings (SSSR count). The van der Waals surface area contributed by atoms with Crippen molar-refractivity contribution in [2.24, 2.45) is 5.92 Å². The molecule has 0 unspecified atom stereocenters. The molecule has 1 aliphatic rings. The molecule has 27 heavy (non-hydrogen) atoms. The Balaban J connectivity index is 1.42. The van der Waals surface area contributed by atoms with Crippen molar-refractivity contribution in [2.45, 2.75) is 32.7 Å². The van der Waals surface area contributed by atoms with Gasteiger partial charge in [0.2, 0.25) is 17.7 Å². The average Bonchev–Trinajstić information content (AvgIpc) is 3.17. The molecule has 0 saturated heterocycles. The van der Waals surface area contributed by atoms with Crippen LogP contribution in [0.1, 0.15) is 26.7 Å². The summed E-state index contributed by atoms with van der Waals surface area (Å²) in [6.45, 7) is 4.41. The van der Waals surface area contributed by atoms with Crippen molar-refractivity contribution in [3.63, 3.8) is 0 Å². The summed E-state index contributed by atoms with van der Waals surface area (Å²) in [7, 11) is 0. The summed E-state index contributed by atoms with van der Waals surface area (Å²) in [5.41, 5.74) is 2.03. The number of oxazole rings is 1. The van der Waals surface area contributed by atoms with Crippen molar-refractivity contribution in [3.8, 4) is 23.2 Å². The highest BCUT2D eigenvalue weighted by Gasteiger charge is 2.22. The molecule has 1 saturated carbocycles. The molecule has 0 radical (unpaired) electrons. The average molecular weight is 370 g/mol. The van der Waals surface area contributed by atoms with Gasteiger partial charge in [-0.15, -0.1) is 5.10 Å². The smallest absolute Gasteiger partial charge is 0.245 e. The molecule has 0 aliphatic heterocycles. The van der Waals surface area contributed by atoms with Crippen LogP contribution in [0.15, 0.2) is 28.7 Å².